The molecule has 5 rings (SSSR count). The molecule has 0 unspecified atom stereocenters. The maximum Gasteiger partial charge on any atom is 0.178 e. The second-order valence-corrected chi connectivity index (χ2v) is 6.70. The molecule has 26 heavy (non-hydrogen) atoms. The molecule has 4 heterocycles. The standard InChI is InChI=1S/C21H19N5/c1-2-6-18-17(5-1)16(12-23-18)13-26-10-8-15-11-24-21(25-20(15)14-26)19-7-3-4-9-22-19/h1-7,9,11-12,23H,8,10,13-14H2. The second kappa shape index (κ2) is 6.35. The van der Waals surface area contributed by atoms with E-state index in [2.05, 4.69) is 50.3 Å². The molecule has 0 aliphatic carbocycles. The van der Waals surface area contributed by atoms with E-state index in [1.807, 2.05) is 24.4 Å². The first-order valence-corrected chi connectivity index (χ1v) is 8.90. The van der Waals surface area contributed by atoms with Crippen LogP contribution in [0.5, 0.6) is 0 Å². The Morgan fingerprint density at radius 3 is 2.88 bits per heavy atom. The molecule has 0 spiro atoms. The molecule has 0 saturated heterocycles. The van der Waals surface area contributed by atoms with Crippen molar-refractivity contribution in [3.05, 3.63) is 77.9 Å². The SMILES string of the molecule is c1ccc(-c2ncc3c(n2)CN(Cc2c[nH]c4ccccc24)CC3)nc1. The number of fused-ring (bicyclic) bond motifs is 2. The summed E-state index contributed by atoms with van der Waals surface area (Å²) in [6, 6.07) is 14.3. The Morgan fingerprint density at radius 1 is 1.04 bits per heavy atom. The van der Waals surface area contributed by atoms with Crippen molar-refractivity contribution in [2.75, 3.05) is 6.54 Å². The van der Waals surface area contributed by atoms with Crippen LogP contribution >= 0.6 is 0 Å². The van der Waals surface area contributed by atoms with Crippen LogP contribution < -0.4 is 0 Å². The third kappa shape index (κ3) is 2.76. The van der Waals surface area contributed by atoms with Gasteiger partial charge in [0, 0.05) is 49.1 Å². The van der Waals surface area contributed by atoms with Gasteiger partial charge in [-0.1, -0.05) is 24.3 Å². The van der Waals surface area contributed by atoms with Crippen LogP contribution in [-0.4, -0.2) is 31.4 Å². The van der Waals surface area contributed by atoms with Crippen LogP contribution in [0.25, 0.3) is 22.4 Å². The first-order chi connectivity index (χ1) is 12.9. The summed E-state index contributed by atoms with van der Waals surface area (Å²) >= 11 is 0. The van der Waals surface area contributed by atoms with Crippen LogP contribution in [0.1, 0.15) is 16.8 Å². The minimum Gasteiger partial charge on any atom is -0.361 e. The average Bonchev–Trinajstić information content (AvgIpc) is 3.11. The van der Waals surface area contributed by atoms with Gasteiger partial charge in [-0.2, -0.15) is 0 Å². The molecule has 0 atom stereocenters. The van der Waals surface area contributed by atoms with Crippen molar-refractivity contribution in [1.29, 1.82) is 0 Å². The maximum absolute atomic E-state index is 4.80. The van der Waals surface area contributed by atoms with E-state index in [0.29, 0.717) is 5.82 Å². The number of hydrogen-bond donors (Lipinski definition) is 1. The van der Waals surface area contributed by atoms with Crippen LogP contribution in [0.3, 0.4) is 0 Å². The minimum atomic E-state index is 0.707. The summed E-state index contributed by atoms with van der Waals surface area (Å²) in [5.41, 5.74) is 5.72. The van der Waals surface area contributed by atoms with Gasteiger partial charge >= 0.3 is 0 Å². The van der Waals surface area contributed by atoms with Crippen LogP contribution in [0.4, 0.5) is 0 Å². The van der Waals surface area contributed by atoms with Crippen LogP contribution in [0.15, 0.2) is 61.1 Å². The van der Waals surface area contributed by atoms with Gasteiger partial charge in [-0.15, -0.1) is 0 Å². The Hall–Kier alpha value is -3.05. The van der Waals surface area contributed by atoms with Crippen molar-refractivity contribution in [3.8, 4) is 11.5 Å². The lowest BCUT2D eigenvalue weighted by molar-refractivity contribution is 0.242. The Kier molecular flexibility index (Phi) is 3.72. The van der Waals surface area contributed by atoms with Gasteiger partial charge in [-0.3, -0.25) is 9.88 Å². The van der Waals surface area contributed by atoms with Gasteiger partial charge in [-0.05, 0) is 35.7 Å². The van der Waals surface area contributed by atoms with E-state index in [-0.39, 0.29) is 0 Å². The van der Waals surface area contributed by atoms with E-state index >= 15 is 0 Å². The second-order valence-electron chi connectivity index (χ2n) is 6.70. The number of aromatic amines is 1. The zero-order chi connectivity index (χ0) is 17.3. The minimum absolute atomic E-state index is 0.707. The van der Waals surface area contributed by atoms with Crippen molar-refractivity contribution < 1.29 is 0 Å². The highest BCUT2D eigenvalue weighted by molar-refractivity contribution is 5.82. The van der Waals surface area contributed by atoms with Gasteiger partial charge in [0.05, 0.1) is 5.69 Å². The highest BCUT2D eigenvalue weighted by atomic mass is 15.1. The highest BCUT2D eigenvalue weighted by Gasteiger charge is 2.20. The van der Waals surface area contributed by atoms with Gasteiger partial charge in [-0.25, -0.2) is 9.97 Å². The maximum atomic E-state index is 4.80. The molecule has 1 aliphatic rings. The zero-order valence-electron chi connectivity index (χ0n) is 14.4. The van der Waals surface area contributed by atoms with E-state index in [4.69, 9.17) is 4.98 Å². The molecule has 1 aromatic carbocycles. The summed E-state index contributed by atoms with van der Waals surface area (Å²) in [6.07, 6.45) is 6.86. The third-order valence-electron chi connectivity index (χ3n) is 4.99. The predicted octanol–water partition coefficient (Wildman–Crippen LogP) is 3.58. The number of nitrogens with zero attached hydrogens (tertiary/aromatic N) is 4. The number of aromatic nitrogens is 4. The van der Waals surface area contributed by atoms with Gasteiger partial charge in [0.25, 0.3) is 0 Å². The molecule has 0 fully saturated rings. The molecule has 5 nitrogen and oxygen atoms in total. The molecule has 3 aromatic heterocycles. The van der Waals surface area contributed by atoms with Crippen molar-refractivity contribution in [2.24, 2.45) is 0 Å². The summed E-state index contributed by atoms with van der Waals surface area (Å²) < 4.78 is 0. The normalized spacial score (nSPS) is 14.5. The van der Waals surface area contributed by atoms with Crippen molar-refractivity contribution >= 4 is 10.9 Å². The third-order valence-corrected chi connectivity index (χ3v) is 4.99. The summed E-state index contributed by atoms with van der Waals surface area (Å²) in [7, 11) is 0. The molecule has 0 saturated carbocycles. The predicted molar refractivity (Wildman–Crippen MR) is 101 cm³/mol. The number of pyridine rings is 1. The molecule has 0 amide bonds. The number of hydrogen-bond acceptors (Lipinski definition) is 4. The Balaban J connectivity index is 1.40. The Morgan fingerprint density at radius 2 is 1.96 bits per heavy atom. The first kappa shape index (κ1) is 15.2. The van der Waals surface area contributed by atoms with Crippen molar-refractivity contribution in [3.63, 3.8) is 0 Å². The van der Waals surface area contributed by atoms with Crippen molar-refractivity contribution in [1.82, 2.24) is 24.8 Å². The van der Waals surface area contributed by atoms with Crippen LogP contribution in [0, 0.1) is 0 Å². The molecule has 1 N–H and O–H groups in total. The van der Waals surface area contributed by atoms with Gasteiger partial charge < -0.3 is 4.98 Å². The number of benzene rings is 1. The summed E-state index contributed by atoms with van der Waals surface area (Å²) in [4.78, 5) is 19.5. The van der Waals surface area contributed by atoms with E-state index < -0.39 is 0 Å². The first-order valence-electron chi connectivity index (χ1n) is 8.90. The topological polar surface area (TPSA) is 57.7 Å². The fraction of sp³-hybridized carbons (Fsp3) is 0.190. The van der Waals surface area contributed by atoms with Crippen LogP contribution in [-0.2, 0) is 19.5 Å². The van der Waals surface area contributed by atoms with Gasteiger partial charge in [0.15, 0.2) is 5.82 Å². The lowest BCUT2D eigenvalue weighted by Crippen LogP contribution is -2.31. The monoisotopic (exact) mass is 341 g/mol. The van der Waals surface area contributed by atoms with E-state index in [1.54, 1.807) is 6.20 Å². The quantitative estimate of drug-likeness (QED) is 0.619. The molecular weight excluding hydrogens is 322 g/mol. The smallest absolute Gasteiger partial charge is 0.178 e. The number of rotatable bonds is 3. The average molecular weight is 341 g/mol. The molecule has 0 bridgehead atoms. The summed E-state index contributed by atoms with van der Waals surface area (Å²) in [5, 5.41) is 1.30. The molecule has 4 aromatic rings. The summed E-state index contributed by atoms with van der Waals surface area (Å²) in [5.74, 6) is 0.707. The molecule has 1 aliphatic heterocycles. The Labute approximate surface area is 151 Å². The van der Waals surface area contributed by atoms with Gasteiger partial charge in [0.2, 0.25) is 0 Å². The van der Waals surface area contributed by atoms with Gasteiger partial charge in [0.1, 0.15) is 5.69 Å². The number of nitrogens with one attached hydrogen (secondary N) is 1. The molecule has 0 radical (unpaired) electrons. The molecular formula is C21H19N5. The van der Waals surface area contributed by atoms with Crippen molar-refractivity contribution in [2.45, 2.75) is 19.5 Å². The number of para-hydroxylation sites is 1. The lowest BCUT2D eigenvalue weighted by atomic mass is 10.1. The lowest BCUT2D eigenvalue weighted by Gasteiger charge is -2.27. The zero-order valence-corrected chi connectivity index (χ0v) is 14.4. The van der Waals surface area contributed by atoms with Crippen LogP contribution in [0.2, 0.25) is 0 Å². The summed E-state index contributed by atoms with van der Waals surface area (Å²) in [6.45, 7) is 2.79. The molecule has 5 heteroatoms. The van der Waals surface area contributed by atoms with E-state index in [9.17, 15) is 0 Å². The largest absolute Gasteiger partial charge is 0.361 e. The fourth-order valence-electron chi connectivity index (χ4n) is 3.61. The Bertz CT molecular complexity index is 1050. The fourth-order valence-corrected chi connectivity index (χ4v) is 3.61. The molecule has 128 valence electrons. The van der Waals surface area contributed by atoms with E-state index in [0.717, 1.165) is 37.4 Å². The highest BCUT2D eigenvalue weighted by Crippen LogP contribution is 2.24. The van der Waals surface area contributed by atoms with E-state index in [1.165, 1.54) is 22.0 Å². The number of H-pyrrole nitrogens is 1.